The van der Waals surface area contributed by atoms with Gasteiger partial charge in [-0.15, -0.1) is 0 Å². The Kier molecular flexibility index (Phi) is 7.08. The summed E-state index contributed by atoms with van der Waals surface area (Å²) in [6.07, 6.45) is 2.04. The summed E-state index contributed by atoms with van der Waals surface area (Å²) >= 11 is 0. The van der Waals surface area contributed by atoms with Crippen molar-refractivity contribution < 1.29 is 22.8 Å². The summed E-state index contributed by atoms with van der Waals surface area (Å²) in [4.78, 5) is 17.8. The standard InChI is InChI=1S/C25H26N2O5S/c28-24(26-31-19-20-8-3-1-4-9-20)18-25(16-7-17-25)27-33(29,30)23-14-12-22(13-15-23)32-21-10-5-2-6-11-21/h1-6,8-15,27H,7,16-19H2,(H,26,28). The molecule has 0 radical (unpaired) electrons. The van der Waals surface area contributed by atoms with Gasteiger partial charge in [-0.25, -0.2) is 18.6 Å². The monoisotopic (exact) mass is 466 g/mol. The molecule has 2 N–H and O–H groups in total. The van der Waals surface area contributed by atoms with E-state index in [1.165, 1.54) is 12.1 Å². The van der Waals surface area contributed by atoms with Gasteiger partial charge in [0.25, 0.3) is 0 Å². The number of nitrogens with one attached hydrogen (secondary N) is 2. The Bertz CT molecular complexity index is 1160. The van der Waals surface area contributed by atoms with Crippen molar-refractivity contribution in [3.63, 3.8) is 0 Å². The first-order valence-electron chi connectivity index (χ1n) is 10.8. The quantitative estimate of drug-likeness (QED) is 0.434. The number of carbonyl (C=O) groups excluding carboxylic acids is 1. The summed E-state index contributed by atoms with van der Waals surface area (Å²) < 4.78 is 34.4. The number of hydrogen-bond acceptors (Lipinski definition) is 5. The smallest absolute Gasteiger partial charge is 0.245 e. The maximum absolute atomic E-state index is 13.0. The summed E-state index contributed by atoms with van der Waals surface area (Å²) in [5.41, 5.74) is 2.54. The summed E-state index contributed by atoms with van der Waals surface area (Å²) in [6, 6.07) is 24.9. The van der Waals surface area contributed by atoms with Gasteiger partial charge in [0.05, 0.1) is 11.5 Å². The lowest BCUT2D eigenvalue weighted by Crippen LogP contribution is -2.55. The fraction of sp³-hybridized carbons (Fsp3) is 0.240. The van der Waals surface area contributed by atoms with Crippen molar-refractivity contribution in [3.8, 4) is 11.5 Å². The number of benzene rings is 3. The Labute approximate surface area is 193 Å². The van der Waals surface area contributed by atoms with Gasteiger partial charge in [0.15, 0.2) is 0 Å². The number of para-hydroxylation sites is 1. The lowest BCUT2D eigenvalue weighted by molar-refractivity contribution is -0.136. The van der Waals surface area contributed by atoms with Crippen molar-refractivity contribution in [1.82, 2.24) is 10.2 Å². The summed E-state index contributed by atoms with van der Waals surface area (Å²) in [6.45, 7) is 0.239. The zero-order valence-electron chi connectivity index (χ0n) is 18.1. The average Bonchev–Trinajstić information content (AvgIpc) is 2.79. The largest absolute Gasteiger partial charge is 0.457 e. The van der Waals surface area contributed by atoms with Crippen molar-refractivity contribution in [2.24, 2.45) is 0 Å². The van der Waals surface area contributed by atoms with E-state index in [1.807, 2.05) is 60.7 Å². The van der Waals surface area contributed by atoms with Crippen molar-refractivity contribution in [2.75, 3.05) is 0 Å². The third-order valence-electron chi connectivity index (χ3n) is 5.54. The highest BCUT2D eigenvalue weighted by Crippen LogP contribution is 2.36. The van der Waals surface area contributed by atoms with Crippen LogP contribution in [0, 0.1) is 0 Å². The van der Waals surface area contributed by atoms with E-state index in [0.29, 0.717) is 24.3 Å². The number of amides is 1. The second-order valence-corrected chi connectivity index (χ2v) is 9.78. The molecule has 1 saturated carbocycles. The number of sulfonamides is 1. The minimum absolute atomic E-state index is 0.0101. The maximum Gasteiger partial charge on any atom is 0.245 e. The number of carbonyl (C=O) groups is 1. The molecule has 1 aliphatic carbocycles. The molecule has 0 aliphatic heterocycles. The maximum atomic E-state index is 13.0. The van der Waals surface area contributed by atoms with E-state index < -0.39 is 15.6 Å². The van der Waals surface area contributed by atoms with Crippen LogP contribution in [0.15, 0.2) is 89.8 Å². The molecule has 8 heteroatoms. The molecular formula is C25H26N2O5S. The van der Waals surface area contributed by atoms with Crippen molar-refractivity contribution >= 4 is 15.9 Å². The van der Waals surface area contributed by atoms with Crippen LogP contribution in [0.1, 0.15) is 31.2 Å². The van der Waals surface area contributed by atoms with Gasteiger partial charge in [0.2, 0.25) is 15.9 Å². The van der Waals surface area contributed by atoms with E-state index in [2.05, 4.69) is 10.2 Å². The Morgan fingerprint density at radius 1 is 0.848 bits per heavy atom. The van der Waals surface area contributed by atoms with Gasteiger partial charge in [-0.2, -0.15) is 0 Å². The molecule has 1 amide bonds. The second kappa shape index (κ2) is 10.2. The molecule has 4 rings (SSSR count). The van der Waals surface area contributed by atoms with Crippen LogP contribution in [0.3, 0.4) is 0 Å². The van der Waals surface area contributed by atoms with Gasteiger partial charge in [0.1, 0.15) is 11.5 Å². The second-order valence-electron chi connectivity index (χ2n) is 8.10. The topological polar surface area (TPSA) is 93.7 Å². The van der Waals surface area contributed by atoms with Crippen molar-refractivity contribution in [3.05, 3.63) is 90.5 Å². The minimum Gasteiger partial charge on any atom is -0.457 e. The van der Waals surface area contributed by atoms with Gasteiger partial charge in [-0.1, -0.05) is 48.5 Å². The number of hydroxylamine groups is 1. The van der Waals surface area contributed by atoms with E-state index in [0.717, 1.165) is 12.0 Å². The Balaban J connectivity index is 1.34. The highest BCUT2D eigenvalue weighted by atomic mass is 32.2. The number of ether oxygens (including phenoxy) is 1. The third kappa shape index (κ3) is 6.19. The minimum atomic E-state index is -3.80. The summed E-state index contributed by atoms with van der Waals surface area (Å²) in [5.74, 6) is 0.841. The molecule has 1 fully saturated rings. The van der Waals surface area contributed by atoms with Crippen LogP contribution in [-0.4, -0.2) is 19.9 Å². The van der Waals surface area contributed by atoms with Crippen LogP contribution >= 0.6 is 0 Å². The molecular weight excluding hydrogens is 440 g/mol. The summed E-state index contributed by atoms with van der Waals surface area (Å²) in [7, 11) is -3.80. The first-order valence-corrected chi connectivity index (χ1v) is 12.2. The van der Waals surface area contributed by atoms with E-state index in [-0.39, 0.29) is 23.8 Å². The molecule has 172 valence electrons. The predicted molar refractivity (Wildman–Crippen MR) is 124 cm³/mol. The Hall–Kier alpha value is -3.20. The summed E-state index contributed by atoms with van der Waals surface area (Å²) in [5, 5.41) is 0. The molecule has 0 bridgehead atoms. The fourth-order valence-corrected chi connectivity index (χ4v) is 5.15. The van der Waals surface area contributed by atoms with Crippen LogP contribution in [-0.2, 0) is 26.3 Å². The van der Waals surface area contributed by atoms with Crippen molar-refractivity contribution in [1.29, 1.82) is 0 Å². The number of rotatable bonds is 10. The highest BCUT2D eigenvalue weighted by molar-refractivity contribution is 7.89. The van der Waals surface area contributed by atoms with Crippen LogP contribution in [0.4, 0.5) is 0 Å². The molecule has 7 nitrogen and oxygen atoms in total. The van der Waals surface area contributed by atoms with Gasteiger partial charge in [-0.05, 0) is 61.2 Å². The molecule has 33 heavy (non-hydrogen) atoms. The van der Waals surface area contributed by atoms with Crippen LogP contribution in [0.5, 0.6) is 11.5 Å². The van der Waals surface area contributed by atoms with Crippen molar-refractivity contribution in [2.45, 2.75) is 42.7 Å². The van der Waals surface area contributed by atoms with Crippen LogP contribution in [0.25, 0.3) is 0 Å². The van der Waals surface area contributed by atoms with Gasteiger partial charge < -0.3 is 4.74 Å². The average molecular weight is 467 g/mol. The lowest BCUT2D eigenvalue weighted by atomic mass is 9.75. The molecule has 3 aromatic rings. The molecule has 3 aromatic carbocycles. The SMILES string of the molecule is O=C(CC1(NS(=O)(=O)c2ccc(Oc3ccccc3)cc2)CCC1)NOCc1ccccc1. The van der Waals surface area contributed by atoms with Crippen LogP contribution < -0.4 is 14.9 Å². The molecule has 0 spiro atoms. The Morgan fingerprint density at radius 3 is 2.06 bits per heavy atom. The molecule has 1 aliphatic rings. The van der Waals surface area contributed by atoms with E-state index in [1.54, 1.807) is 12.1 Å². The highest BCUT2D eigenvalue weighted by Gasteiger charge is 2.42. The Morgan fingerprint density at radius 2 is 1.45 bits per heavy atom. The van der Waals surface area contributed by atoms with Gasteiger partial charge in [0, 0.05) is 12.0 Å². The zero-order valence-corrected chi connectivity index (χ0v) is 18.9. The number of hydrogen-bond donors (Lipinski definition) is 2. The normalized spacial score (nSPS) is 14.8. The first-order chi connectivity index (χ1) is 15.9. The molecule has 0 aromatic heterocycles. The first kappa shape index (κ1) is 23.0. The molecule has 0 atom stereocenters. The predicted octanol–water partition coefficient (Wildman–Crippen LogP) is 4.32. The third-order valence-corrected chi connectivity index (χ3v) is 7.14. The van der Waals surface area contributed by atoms with E-state index >= 15 is 0 Å². The van der Waals surface area contributed by atoms with Gasteiger partial charge in [-0.3, -0.25) is 9.63 Å². The molecule has 0 unspecified atom stereocenters. The zero-order chi connectivity index (χ0) is 23.2. The van der Waals surface area contributed by atoms with Crippen LogP contribution in [0.2, 0.25) is 0 Å². The van der Waals surface area contributed by atoms with Gasteiger partial charge >= 0.3 is 0 Å². The molecule has 0 heterocycles. The van der Waals surface area contributed by atoms with E-state index in [9.17, 15) is 13.2 Å². The lowest BCUT2D eigenvalue weighted by Gasteiger charge is -2.41. The fourth-order valence-electron chi connectivity index (χ4n) is 3.69. The molecule has 0 saturated heterocycles. The van der Waals surface area contributed by atoms with E-state index in [4.69, 9.17) is 9.57 Å².